The number of anilines is 1. The van der Waals surface area contributed by atoms with Crippen LogP contribution in [-0.4, -0.2) is 22.2 Å². The van der Waals surface area contributed by atoms with Gasteiger partial charge in [-0.1, -0.05) is 30.9 Å². The van der Waals surface area contributed by atoms with Crippen LogP contribution < -0.4 is 5.32 Å². The zero-order valence-corrected chi connectivity index (χ0v) is 11.6. The standard InChI is InChI=1S/C13H16ClFN2O3/c14-9-6-11(12(17(19)20)7-10(9)15)16-8-13(18)4-2-1-3-5-13/h6-7,16,18H,1-5,8H2. The molecule has 0 amide bonds. The second-order valence-electron chi connectivity index (χ2n) is 5.18. The highest BCUT2D eigenvalue weighted by Gasteiger charge is 2.30. The van der Waals surface area contributed by atoms with Crippen molar-refractivity contribution in [3.8, 4) is 0 Å². The van der Waals surface area contributed by atoms with Crippen LogP contribution in [0.2, 0.25) is 5.02 Å². The molecule has 1 aliphatic carbocycles. The van der Waals surface area contributed by atoms with Gasteiger partial charge in [0.25, 0.3) is 5.69 Å². The molecule has 1 fully saturated rings. The van der Waals surface area contributed by atoms with E-state index < -0.39 is 16.3 Å². The number of nitrogens with one attached hydrogen (secondary N) is 1. The van der Waals surface area contributed by atoms with E-state index in [-0.39, 0.29) is 22.9 Å². The number of rotatable bonds is 4. The lowest BCUT2D eigenvalue weighted by Gasteiger charge is -2.32. The topological polar surface area (TPSA) is 75.4 Å². The van der Waals surface area contributed by atoms with E-state index in [4.69, 9.17) is 11.6 Å². The second-order valence-corrected chi connectivity index (χ2v) is 5.59. The smallest absolute Gasteiger partial charge is 0.295 e. The van der Waals surface area contributed by atoms with Gasteiger partial charge in [0.1, 0.15) is 11.5 Å². The maximum absolute atomic E-state index is 13.3. The third kappa shape index (κ3) is 3.37. The zero-order valence-electron chi connectivity index (χ0n) is 10.9. The maximum Gasteiger partial charge on any atom is 0.295 e. The molecule has 110 valence electrons. The lowest BCUT2D eigenvalue weighted by atomic mass is 9.85. The molecule has 20 heavy (non-hydrogen) atoms. The molecular weight excluding hydrogens is 287 g/mol. The highest BCUT2D eigenvalue weighted by molar-refractivity contribution is 6.31. The number of nitro groups is 1. The third-order valence-electron chi connectivity index (χ3n) is 3.63. The van der Waals surface area contributed by atoms with Crippen LogP contribution in [-0.2, 0) is 0 Å². The highest BCUT2D eigenvalue weighted by atomic mass is 35.5. The van der Waals surface area contributed by atoms with Gasteiger partial charge in [0.15, 0.2) is 0 Å². The first-order chi connectivity index (χ1) is 9.41. The van der Waals surface area contributed by atoms with Gasteiger partial charge in [-0.2, -0.15) is 0 Å². The molecule has 2 rings (SSSR count). The van der Waals surface area contributed by atoms with Gasteiger partial charge in [0, 0.05) is 6.54 Å². The molecule has 0 saturated heterocycles. The first-order valence-corrected chi connectivity index (χ1v) is 6.89. The number of hydrogen-bond donors (Lipinski definition) is 2. The molecule has 2 N–H and O–H groups in total. The summed E-state index contributed by atoms with van der Waals surface area (Å²) in [6.45, 7) is 0.190. The molecule has 0 spiro atoms. The van der Waals surface area contributed by atoms with E-state index in [0.717, 1.165) is 25.3 Å². The number of nitro benzene ring substituents is 1. The third-order valence-corrected chi connectivity index (χ3v) is 3.92. The number of halogens is 2. The Bertz CT molecular complexity index is 519. The molecule has 1 aliphatic rings. The Morgan fingerprint density at radius 2 is 2.05 bits per heavy atom. The Morgan fingerprint density at radius 1 is 1.40 bits per heavy atom. The summed E-state index contributed by atoms with van der Waals surface area (Å²) in [5.41, 5.74) is -1.13. The molecule has 0 unspecified atom stereocenters. The van der Waals surface area contributed by atoms with Crippen LogP contribution in [0.1, 0.15) is 32.1 Å². The van der Waals surface area contributed by atoms with E-state index >= 15 is 0 Å². The van der Waals surface area contributed by atoms with Crippen molar-refractivity contribution in [1.82, 2.24) is 0 Å². The van der Waals surface area contributed by atoms with Crippen LogP contribution in [0.25, 0.3) is 0 Å². The van der Waals surface area contributed by atoms with Gasteiger partial charge in [-0.25, -0.2) is 4.39 Å². The molecule has 1 aromatic carbocycles. The van der Waals surface area contributed by atoms with E-state index in [0.29, 0.717) is 12.8 Å². The van der Waals surface area contributed by atoms with E-state index in [9.17, 15) is 19.6 Å². The van der Waals surface area contributed by atoms with Gasteiger partial charge >= 0.3 is 0 Å². The molecule has 0 radical (unpaired) electrons. The summed E-state index contributed by atoms with van der Waals surface area (Å²) >= 11 is 5.65. The summed E-state index contributed by atoms with van der Waals surface area (Å²) in [7, 11) is 0. The predicted octanol–water partition coefficient (Wildman–Crippen LogP) is 3.49. The van der Waals surface area contributed by atoms with Crippen molar-refractivity contribution in [3.63, 3.8) is 0 Å². The predicted molar refractivity (Wildman–Crippen MR) is 74.6 cm³/mol. The molecule has 7 heteroatoms. The van der Waals surface area contributed by atoms with Crippen LogP contribution in [0.5, 0.6) is 0 Å². The number of nitrogens with zero attached hydrogens (tertiary/aromatic N) is 1. The molecular formula is C13H16ClFN2O3. The van der Waals surface area contributed by atoms with Crippen LogP contribution in [0.15, 0.2) is 12.1 Å². The van der Waals surface area contributed by atoms with Crippen molar-refractivity contribution in [2.75, 3.05) is 11.9 Å². The highest BCUT2D eigenvalue weighted by Crippen LogP contribution is 2.33. The minimum absolute atomic E-state index is 0.125. The van der Waals surface area contributed by atoms with Gasteiger partial charge in [0.2, 0.25) is 0 Å². The first-order valence-electron chi connectivity index (χ1n) is 6.51. The lowest BCUT2D eigenvalue weighted by Crippen LogP contribution is -2.38. The molecule has 0 atom stereocenters. The van der Waals surface area contributed by atoms with Crippen molar-refractivity contribution in [2.45, 2.75) is 37.7 Å². The summed E-state index contributed by atoms with van der Waals surface area (Å²) < 4.78 is 13.3. The first kappa shape index (κ1) is 15.0. The molecule has 1 aromatic rings. The number of aliphatic hydroxyl groups is 1. The minimum Gasteiger partial charge on any atom is -0.388 e. The van der Waals surface area contributed by atoms with E-state index in [1.165, 1.54) is 6.07 Å². The van der Waals surface area contributed by atoms with Crippen molar-refractivity contribution in [2.24, 2.45) is 0 Å². The fourth-order valence-electron chi connectivity index (χ4n) is 2.48. The van der Waals surface area contributed by atoms with Crippen LogP contribution in [0.3, 0.4) is 0 Å². The van der Waals surface area contributed by atoms with Gasteiger partial charge < -0.3 is 10.4 Å². The van der Waals surface area contributed by atoms with Crippen molar-refractivity contribution >= 4 is 23.0 Å². The zero-order chi connectivity index (χ0) is 14.8. The Balaban J connectivity index is 2.16. The Morgan fingerprint density at radius 3 is 2.65 bits per heavy atom. The summed E-state index contributed by atoms with van der Waals surface area (Å²) in [4.78, 5) is 10.2. The van der Waals surface area contributed by atoms with Gasteiger partial charge in [-0.05, 0) is 18.9 Å². The summed E-state index contributed by atoms with van der Waals surface area (Å²) in [5.74, 6) is -0.833. The SMILES string of the molecule is O=[N+]([O-])c1cc(F)c(Cl)cc1NCC1(O)CCCCC1. The monoisotopic (exact) mass is 302 g/mol. The van der Waals surface area contributed by atoms with E-state index in [1.54, 1.807) is 0 Å². The fraction of sp³-hybridized carbons (Fsp3) is 0.538. The number of benzene rings is 1. The fourth-order valence-corrected chi connectivity index (χ4v) is 2.64. The molecule has 0 heterocycles. The van der Waals surface area contributed by atoms with Crippen molar-refractivity contribution in [3.05, 3.63) is 33.1 Å². The number of hydrogen-bond acceptors (Lipinski definition) is 4. The minimum atomic E-state index is -0.868. The normalized spacial score (nSPS) is 17.8. The van der Waals surface area contributed by atoms with Crippen LogP contribution in [0.4, 0.5) is 15.8 Å². The summed E-state index contributed by atoms with van der Waals surface area (Å²) in [6, 6.07) is 1.97. The molecule has 0 bridgehead atoms. The van der Waals surface area contributed by atoms with Gasteiger partial charge in [-0.3, -0.25) is 10.1 Å². The van der Waals surface area contributed by atoms with Crippen molar-refractivity contribution in [1.29, 1.82) is 0 Å². The average molecular weight is 303 g/mol. The molecule has 0 aliphatic heterocycles. The molecule has 5 nitrogen and oxygen atoms in total. The Kier molecular flexibility index (Phi) is 4.45. The molecule has 1 saturated carbocycles. The molecule has 0 aromatic heterocycles. The average Bonchev–Trinajstić information content (AvgIpc) is 2.40. The van der Waals surface area contributed by atoms with Crippen LogP contribution >= 0.6 is 11.6 Å². The van der Waals surface area contributed by atoms with Gasteiger partial charge in [-0.15, -0.1) is 0 Å². The summed E-state index contributed by atoms with van der Waals surface area (Å²) in [6.07, 6.45) is 4.27. The van der Waals surface area contributed by atoms with Gasteiger partial charge in [0.05, 0.1) is 21.6 Å². The Labute approximate surface area is 120 Å². The van der Waals surface area contributed by atoms with Crippen molar-refractivity contribution < 1.29 is 14.4 Å². The van der Waals surface area contributed by atoms with E-state index in [2.05, 4.69) is 5.32 Å². The van der Waals surface area contributed by atoms with Crippen LogP contribution in [0, 0.1) is 15.9 Å². The van der Waals surface area contributed by atoms with E-state index in [1.807, 2.05) is 0 Å². The second kappa shape index (κ2) is 5.93. The maximum atomic E-state index is 13.3. The quantitative estimate of drug-likeness (QED) is 0.659. The lowest BCUT2D eigenvalue weighted by molar-refractivity contribution is -0.384. The largest absolute Gasteiger partial charge is 0.388 e. The Hall–Kier alpha value is -1.40. The summed E-state index contributed by atoms with van der Waals surface area (Å²) in [5, 5.41) is 23.9.